The third-order valence-electron chi connectivity index (χ3n) is 2.78. The van der Waals surface area contributed by atoms with E-state index in [0.717, 1.165) is 0 Å². The van der Waals surface area contributed by atoms with Crippen LogP contribution in [0.1, 0.15) is 17.7 Å². The Labute approximate surface area is 132 Å². The smallest absolute Gasteiger partial charge is 0.233 e. The zero-order chi connectivity index (χ0) is 16.7. The van der Waals surface area contributed by atoms with Gasteiger partial charge < -0.3 is 10.6 Å². The van der Waals surface area contributed by atoms with E-state index in [4.69, 9.17) is 10.5 Å². The highest BCUT2D eigenvalue weighted by Gasteiger charge is 2.10. The van der Waals surface area contributed by atoms with Crippen LogP contribution in [-0.4, -0.2) is 16.8 Å². The molecular formula is C16H11N5O2. The molecule has 1 aromatic carbocycles. The molecule has 2 N–H and O–H groups in total. The van der Waals surface area contributed by atoms with E-state index in [1.54, 1.807) is 24.3 Å². The van der Waals surface area contributed by atoms with E-state index in [1.807, 2.05) is 12.1 Å². The largest absolute Gasteiger partial charge is 0.326 e. The van der Waals surface area contributed by atoms with E-state index in [9.17, 15) is 9.59 Å². The number of amides is 2. The van der Waals surface area contributed by atoms with Crippen LogP contribution in [-0.2, 0) is 9.59 Å². The minimum atomic E-state index is -0.498. The quantitative estimate of drug-likeness (QED) is 0.835. The number of hydrogen-bond acceptors (Lipinski definition) is 5. The van der Waals surface area contributed by atoms with Crippen molar-refractivity contribution in [2.24, 2.45) is 0 Å². The zero-order valence-electron chi connectivity index (χ0n) is 11.9. The standard InChI is InChI=1S/C16H11N5O2/c17-8-11-1-3-12(4-2-11)20-15(22)7-16(23)21-14-6-5-13(9-18)19-10-14/h1-6,10H,7H2,(H,20,22)(H,21,23). The second kappa shape index (κ2) is 7.34. The molecule has 0 aliphatic heterocycles. The molecule has 0 unspecified atom stereocenters. The number of nitriles is 2. The number of aromatic nitrogens is 1. The van der Waals surface area contributed by atoms with Crippen LogP contribution in [0.4, 0.5) is 11.4 Å². The Morgan fingerprint density at radius 2 is 1.52 bits per heavy atom. The normalized spacial score (nSPS) is 9.30. The van der Waals surface area contributed by atoms with Gasteiger partial charge in [-0.1, -0.05) is 0 Å². The van der Waals surface area contributed by atoms with Crippen molar-refractivity contribution >= 4 is 23.2 Å². The first-order valence-corrected chi connectivity index (χ1v) is 6.57. The van der Waals surface area contributed by atoms with Gasteiger partial charge in [0.2, 0.25) is 11.8 Å². The number of anilines is 2. The number of rotatable bonds is 4. The van der Waals surface area contributed by atoms with Crippen LogP contribution in [0.15, 0.2) is 42.6 Å². The number of carbonyl (C=O) groups is 2. The van der Waals surface area contributed by atoms with E-state index < -0.39 is 11.8 Å². The Kier molecular flexibility index (Phi) is 5.00. The summed E-state index contributed by atoms with van der Waals surface area (Å²) in [6.07, 6.45) is 0.981. The van der Waals surface area contributed by atoms with Gasteiger partial charge >= 0.3 is 0 Å². The average molecular weight is 305 g/mol. The molecule has 0 fully saturated rings. The maximum atomic E-state index is 11.8. The van der Waals surface area contributed by atoms with Crippen LogP contribution in [0.2, 0.25) is 0 Å². The Bertz CT molecular complexity index is 729. The number of hydrogen-bond donors (Lipinski definition) is 2. The van der Waals surface area contributed by atoms with Crippen molar-refractivity contribution in [3.63, 3.8) is 0 Å². The number of carbonyl (C=O) groups excluding carboxylic acids is 2. The lowest BCUT2D eigenvalue weighted by Gasteiger charge is -2.06. The fourth-order valence-electron chi connectivity index (χ4n) is 1.72. The van der Waals surface area contributed by atoms with Gasteiger partial charge in [-0.05, 0) is 36.4 Å². The van der Waals surface area contributed by atoms with Gasteiger partial charge in [0, 0.05) is 5.69 Å². The van der Waals surface area contributed by atoms with Crippen molar-refractivity contribution in [2.75, 3.05) is 10.6 Å². The summed E-state index contributed by atoms with van der Waals surface area (Å²) < 4.78 is 0. The predicted octanol–water partition coefficient (Wildman–Crippen LogP) is 1.79. The molecule has 0 spiro atoms. The molecule has 7 heteroatoms. The van der Waals surface area contributed by atoms with Crippen LogP contribution in [0.3, 0.4) is 0 Å². The van der Waals surface area contributed by atoms with Crippen LogP contribution in [0.5, 0.6) is 0 Å². The summed E-state index contributed by atoms with van der Waals surface area (Å²) in [5.41, 5.74) is 1.62. The van der Waals surface area contributed by atoms with Crippen LogP contribution >= 0.6 is 0 Å². The van der Waals surface area contributed by atoms with Gasteiger partial charge in [0.25, 0.3) is 0 Å². The summed E-state index contributed by atoms with van der Waals surface area (Å²) in [4.78, 5) is 27.3. The third kappa shape index (κ3) is 4.66. The van der Waals surface area contributed by atoms with Crippen molar-refractivity contribution in [2.45, 2.75) is 6.42 Å². The minimum Gasteiger partial charge on any atom is -0.326 e. The lowest BCUT2D eigenvalue weighted by Crippen LogP contribution is -2.21. The molecule has 23 heavy (non-hydrogen) atoms. The lowest BCUT2D eigenvalue weighted by molar-refractivity contribution is -0.123. The fourth-order valence-corrected chi connectivity index (χ4v) is 1.72. The minimum absolute atomic E-state index is 0.238. The molecule has 0 aliphatic carbocycles. The first-order chi connectivity index (χ1) is 11.1. The first-order valence-electron chi connectivity index (χ1n) is 6.57. The second-order valence-electron chi connectivity index (χ2n) is 4.51. The highest BCUT2D eigenvalue weighted by Crippen LogP contribution is 2.10. The molecular weight excluding hydrogens is 294 g/mol. The Morgan fingerprint density at radius 3 is 2.04 bits per heavy atom. The van der Waals surface area contributed by atoms with Gasteiger partial charge in [-0.3, -0.25) is 9.59 Å². The summed E-state index contributed by atoms with van der Waals surface area (Å²) >= 11 is 0. The van der Waals surface area contributed by atoms with E-state index in [-0.39, 0.29) is 12.1 Å². The van der Waals surface area contributed by atoms with Crippen LogP contribution in [0, 0.1) is 22.7 Å². The third-order valence-corrected chi connectivity index (χ3v) is 2.78. The van der Waals surface area contributed by atoms with Gasteiger partial charge in [-0.15, -0.1) is 0 Å². The molecule has 0 bridgehead atoms. The maximum Gasteiger partial charge on any atom is 0.233 e. The summed E-state index contributed by atoms with van der Waals surface area (Å²) in [5.74, 6) is -0.975. The zero-order valence-corrected chi connectivity index (χ0v) is 11.9. The molecule has 1 heterocycles. The molecule has 7 nitrogen and oxygen atoms in total. The Balaban J connectivity index is 1.87. The highest BCUT2D eigenvalue weighted by molar-refractivity contribution is 6.08. The molecule has 0 radical (unpaired) electrons. The van der Waals surface area contributed by atoms with Gasteiger partial charge in [-0.2, -0.15) is 10.5 Å². The number of nitrogens with one attached hydrogen (secondary N) is 2. The summed E-state index contributed by atoms with van der Waals surface area (Å²) in [5, 5.41) is 22.4. The lowest BCUT2D eigenvalue weighted by atomic mass is 10.2. The Hall–Kier alpha value is -3.71. The van der Waals surface area contributed by atoms with Crippen LogP contribution < -0.4 is 10.6 Å². The molecule has 1 aromatic heterocycles. The summed E-state index contributed by atoms with van der Waals surface area (Å²) in [6, 6.07) is 13.1. The van der Waals surface area contributed by atoms with E-state index >= 15 is 0 Å². The van der Waals surface area contributed by atoms with Crippen molar-refractivity contribution in [3.05, 3.63) is 53.9 Å². The molecule has 112 valence electrons. The maximum absolute atomic E-state index is 11.8. The number of nitrogens with zero attached hydrogens (tertiary/aromatic N) is 3. The topological polar surface area (TPSA) is 119 Å². The predicted molar refractivity (Wildman–Crippen MR) is 82.0 cm³/mol. The molecule has 0 atom stereocenters. The number of benzene rings is 1. The average Bonchev–Trinajstić information content (AvgIpc) is 2.56. The van der Waals surface area contributed by atoms with Crippen molar-refractivity contribution in [1.82, 2.24) is 4.98 Å². The molecule has 0 saturated heterocycles. The second-order valence-corrected chi connectivity index (χ2v) is 4.51. The molecule has 0 saturated carbocycles. The van der Waals surface area contributed by atoms with Crippen molar-refractivity contribution < 1.29 is 9.59 Å². The van der Waals surface area contributed by atoms with E-state index in [2.05, 4.69) is 15.6 Å². The van der Waals surface area contributed by atoms with E-state index in [1.165, 1.54) is 18.3 Å². The van der Waals surface area contributed by atoms with E-state index in [0.29, 0.717) is 16.9 Å². The van der Waals surface area contributed by atoms with Gasteiger partial charge in [-0.25, -0.2) is 4.98 Å². The fraction of sp³-hybridized carbons (Fsp3) is 0.0625. The van der Waals surface area contributed by atoms with Crippen molar-refractivity contribution in [3.8, 4) is 12.1 Å². The van der Waals surface area contributed by atoms with Crippen molar-refractivity contribution in [1.29, 1.82) is 10.5 Å². The van der Waals surface area contributed by atoms with Crippen LogP contribution in [0.25, 0.3) is 0 Å². The van der Waals surface area contributed by atoms with Gasteiger partial charge in [0.15, 0.2) is 0 Å². The summed E-state index contributed by atoms with van der Waals surface area (Å²) in [7, 11) is 0. The summed E-state index contributed by atoms with van der Waals surface area (Å²) in [6.45, 7) is 0. The highest BCUT2D eigenvalue weighted by atomic mass is 16.2. The Morgan fingerprint density at radius 1 is 0.913 bits per heavy atom. The van der Waals surface area contributed by atoms with Gasteiger partial charge in [0.1, 0.15) is 18.2 Å². The SMILES string of the molecule is N#Cc1ccc(NC(=O)CC(=O)Nc2ccc(C#N)nc2)cc1. The first kappa shape index (κ1) is 15.7. The molecule has 2 aromatic rings. The molecule has 0 aliphatic rings. The molecule has 2 rings (SSSR count). The number of pyridine rings is 1. The monoisotopic (exact) mass is 305 g/mol. The molecule has 2 amide bonds. The van der Waals surface area contributed by atoms with Gasteiger partial charge in [0.05, 0.1) is 23.5 Å².